The second-order valence-electron chi connectivity index (χ2n) is 5.71. The van der Waals surface area contributed by atoms with Gasteiger partial charge in [-0.05, 0) is 31.1 Å². The fourth-order valence-corrected chi connectivity index (χ4v) is 3.69. The second-order valence-corrected chi connectivity index (χ2v) is 6.02. The zero-order chi connectivity index (χ0) is 12.1. The van der Waals surface area contributed by atoms with Crippen LogP contribution in [0.15, 0.2) is 0 Å². The number of rotatable bonds is 5. The third kappa shape index (κ3) is 3.87. The first-order valence-corrected chi connectivity index (χ1v) is 7.68. The maximum atomic E-state index is 11.9. The van der Waals surface area contributed by atoms with Crippen molar-refractivity contribution >= 4 is 17.5 Å². The monoisotopic (exact) mass is 257 g/mol. The van der Waals surface area contributed by atoms with E-state index in [1.54, 1.807) is 0 Å². The molecule has 2 rings (SSSR count). The van der Waals surface area contributed by atoms with Crippen LogP contribution in [0.3, 0.4) is 0 Å². The SMILES string of the molecule is O=C(CCC1CCCC1)NC1CCCC1CCl. The predicted octanol–water partition coefficient (Wildman–Crippen LogP) is 3.48. The molecular weight excluding hydrogens is 234 g/mol. The van der Waals surface area contributed by atoms with Gasteiger partial charge in [0.2, 0.25) is 5.91 Å². The molecule has 2 unspecified atom stereocenters. The molecule has 0 aromatic carbocycles. The van der Waals surface area contributed by atoms with Gasteiger partial charge in [0.1, 0.15) is 0 Å². The fraction of sp³-hybridized carbons (Fsp3) is 0.929. The van der Waals surface area contributed by atoms with Crippen LogP contribution in [0.4, 0.5) is 0 Å². The fourth-order valence-electron chi connectivity index (χ4n) is 3.32. The average molecular weight is 258 g/mol. The molecule has 0 spiro atoms. The Hall–Kier alpha value is -0.240. The lowest BCUT2D eigenvalue weighted by Crippen LogP contribution is -2.37. The van der Waals surface area contributed by atoms with Crippen LogP contribution >= 0.6 is 11.6 Å². The summed E-state index contributed by atoms with van der Waals surface area (Å²) in [6.07, 6.45) is 10.7. The van der Waals surface area contributed by atoms with Gasteiger partial charge in [-0.1, -0.05) is 32.1 Å². The molecule has 0 heterocycles. The van der Waals surface area contributed by atoms with Crippen molar-refractivity contribution in [3.8, 4) is 0 Å². The normalized spacial score (nSPS) is 29.7. The third-order valence-electron chi connectivity index (χ3n) is 4.46. The quantitative estimate of drug-likeness (QED) is 0.751. The Morgan fingerprint density at radius 1 is 1.12 bits per heavy atom. The highest BCUT2D eigenvalue weighted by molar-refractivity contribution is 6.18. The lowest BCUT2D eigenvalue weighted by molar-refractivity contribution is -0.122. The molecule has 0 bridgehead atoms. The minimum absolute atomic E-state index is 0.249. The van der Waals surface area contributed by atoms with Crippen molar-refractivity contribution in [1.29, 1.82) is 0 Å². The smallest absolute Gasteiger partial charge is 0.220 e. The minimum atomic E-state index is 0.249. The van der Waals surface area contributed by atoms with Crippen molar-refractivity contribution < 1.29 is 4.79 Å². The molecule has 0 aromatic heterocycles. The van der Waals surface area contributed by atoms with Crippen LogP contribution in [-0.4, -0.2) is 17.8 Å². The van der Waals surface area contributed by atoms with Gasteiger partial charge in [-0.25, -0.2) is 0 Å². The number of nitrogens with one attached hydrogen (secondary N) is 1. The molecule has 3 heteroatoms. The van der Waals surface area contributed by atoms with E-state index in [0.29, 0.717) is 17.8 Å². The zero-order valence-corrected chi connectivity index (χ0v) is 11.3. The molecule has 2 atom stereocenters. The number of hydrogen-bond donors (Lipinski definition) is 1. The van der Waals surface area contributed by atoms with Gasteiger partial charge in [-0.15, -0.1) is 11.6 Å². The largest absolute Gasteiger partial charge is 0.353 e. The van der Waals surface area contributed by atoms with Gasteiger partial charge in [-0.3, -0.25) is 4.79 Å². The maximum absolute atomic E-state index is 11.9. The number of carbonyl (C=O) groups is 1. The van der Waals surface area contributed by atoms with Gasteiger partial charge < -0.3 is 5.32 Å². The minimum Gasteiger partial charge on any atom is -0.353 e. The lowest BCUT2D eigenvalue weighted by Gasteiger charge is -2.19. The molecule has 2 saturated carbocycles. The van der Waals surface area contributed by atoms with Crippen LogP contribution in [0.25, 0.3) is 0 Å². The number of hydrogen-bond acceptors (Lipinski definition) is 1. The van der Waals surface area contributed by atoms with E-state index in [0.717, 1.165) is 25.2 Å². The first-order valence-electron chi connectivity index (χ1n) is 7.15. The predicted molar refractivity (Wildman–Crippen MR) is 71.2 cm³/mol. The summed E-state index contributed by atoms with van der Waals surface area (Å²) in [7, 11) is 0. The number of amides is 1. The van der Waals surface area contributed by atoms with Crippen molar-refractivity contribution in [3.63, 3.8) is 0 Å². The van der Waals surface area contributed by atoms with Gasteiger partial charge >= 0.3 is 0 Å². The van der Waals surface area contributed by atoms with Crippen molar-refractivity contribution in [2.24, 2.45) is 11.8 Å². The van der Waals surface area contributed by atoms with Crippen LogP contribution in [0, 0.1) is 11.8 Å². The van der Waals surface area contributed by atoms with Crippen LogP contribution in [0.5, 0.6) is 0 Å². The highest BCUT2D eigenvalue weighted by atomic mass is 35.5. The summed E-state index contributed by atoms with van der Waals surface area (Å²) in [6, 6.07) is 0.351. The lowest BCUT2D eigenvalue weighted by atomic mass is 10.0. The molecule has 1 amide bonds. The third-order valence-corrected chi connectivity index (χ3v) is 4.85. The summed E-state index contributed by atoms with van der Waals surface area (Å²) in [5.41, 5.74) is 0. The maximum Gasteiger partial charge on any atom is 0.220 e. The Bertz CT molecular complexity index is 251. The highest BCUT2D eigenvalue weighted by Gasteiger charge is 2.27. The van der Waals surface area contributed by atoms with E-state index < -0.39 is 0 Å². The van der Waals surface area contributed by atoms with Crippen LogP contribution in [0.1, 0.15) is 57.8 Å². The average Bonchev–Trinajstić information content (AvgIpc) is 2.97. The van der Waals surface area contributed by atoms with Crippen molar-refractivity contribution in [3.05, 3.63) is 0 Å². The standard InChI is InChI=1S/C14H24ClNO/c15-10-12-6-3-7-13(12)16-14(17)9-8-11-4-1-2-5-11/h11-13H,1-10H2,(H,16,17). The Morgan fingerprint density at radius 3 is 2.59 bits per heavy atom. The van der Waals surface area contributed by atoms with Crippen LogP contribution < -0.4 is 5.32 Å². The van der Waals surface area contributed by atoms with Gasteiger partial charge in [0, 0.05) is 18.3 Å². The van der Waals surface area contributed by atoms with Gasteiger partial charge in [0.15, 0.2) is 0 Å². The van der Waals surface area contributed by atoms with Gasteiger partial charge in [-0.2, -0.15) is 0 Å². The van der Waals surface area contributed by atoms with Gasteiger partial charge in [0.05, 0.1) is 0 Å². The molecule has 0 aromatic rings. The molecule has 2 fully saturated rings. The topological polar surface area (TPSA) is 29.1 Å². The van der Waals surface area contributed by atoms with Crippen molar-refractivity contribution in [1.82, 2.24) is 5.32 Å². The molecule has 2 aliphatic carbocycles. The molecule has 2 aliphatic rings. The first-order chi connectivity index (χ1) is 8.29. The van der Waals surface area contributed by atoms with E-state index in [-0.39, 0.29) is 5.91 Å². The molecule has 98 valence electrons. The van der Waals surface area contributed by atoms with E-state index in [4.69, 9.17) is 11.6 Å². The van der Waals surface area contributed by atoms with Crippen LogP contribution in [-0.2, 0) is 4.79 Å². The summed E-state index contributed by atoms with van der Waals surface area (Å²) in [5, 5.41) is 3.18. The molecule has 1 N–H and O–H groups in total. The van der Waals surface area contributed by atoms with E-state index >= 15 is 0 Å². The van der Waals surface area contributed by atoms with Gasteiger partial charge in [0.25, 0.3) is 0 Å². The Labute approximate surface area is 109 Å². The Morgan fingerprint density at radius 2 is 1.88 bits per heavy atom. The molecular formula is C14H24ClNO. The van der Waals surface area contributed by atoms with E-state index in [1.165, 1.54) is 38.5 Å². The molecule has 2 nitrogen and oxygen atoms in total. The van der Waals surface area contributed by atoms with Crippen molar-refractivity contribution in [2.45, 2.75) is 63.8 Å². The summed E-state index contributed by atoms with van der Waals surface area (Å²) < 4.78 is 0. The Kier molecular flexibility index (Phi) is 5.15. The number of halogens is 1. The van der Waals surface area contributed by atoms with Crippen LogP contribution in [0.2, 0.25) is 0 Å². The molecule has 0 radical (unpaired) electrons. The van der Waals surface area contributed by atoms with E-state index in [9.17, 15) is 4.79 Å². The molecule has 17 heavy (non-hydrogen) atoms. The molecule has 0 aliphatic heterocycles. The zero-order valence-electron chi connectivity index (χ0n) is 10.6. The summed E-state index contributed by atoms with van der Waals surface area (Å²) in [4.78, 5) is 11.9. The Balaban J connectivity index is 1.65. The summed E-state index contributed by atoms with van der Waals surface area (Å²) in [5.74, 6) is 2.26. The van der Waals surface area contributed by atoms with E-state index in [2.05, 4.69) is 5.32 Å². The first kappa shape index (κ1) is 13.2. The highest BCUT2D eigenvalue weighted by Crippen LogP contribution is 2.29. The molecule has 0 saturated heterocycles. The number of carbonyl (C=O) groups excluding carboxylic acids is 1. The summed E-state index contributed by atoms with van der Waals surface area (Å²) >= 11 is 5.92. The summed E-state index contributed by atoms with van der Waals surface area (Å²) in [6.45, 7) is 0. The van der Waals surface area contributed by atoms with E-state index in [1.807, 2.05) is 0 Å². The second kappa shape index (κ2) is 6.63. The number of alkyl halides is 1. The van der Waals surface area contributed by atoms with Crippen molar-refractivity contribution in [2.75, 3.05) is 5.88 Å².